The maximum absolute atomic E-state index is 13.1. The van der Waals surface area contributed by atoms with Crippen molar-refractivity contribution in [3.8, 4) is 0 Å². The lowest BCUT2D eigenvalue weighted by atomic mass is 10.2. The second kappa shape index (κ2) is 8.66. The van der Waals surface area contributed by atoms with E-state index in [-0.39, 0.29) is 24.8 Å². The number of fused-ring (bicyclic) bond motifs is 1. The van der Waals surface area contributed by atoms with Crippen molar-refractivity contribution in [2.75, 3.05) is 5.32 Å². The van der Waals surface area contributed by atoms with Gasteiger partial charge in [0.2, 0.25) is 5.91 Å². The van der Waals surface area contributed by atoms with E-state index in [9.17, 15) is 18.4 Å². The first-order valence-electron chi connectivity index (χ1n) is 9.24. The van der Waals surface area contributed by atoms with Crippen molar-refractivity contribution in [3.05, 3.63) is 82.5 Å². The van der Waals surface area contributed by atoms with E-state index in [1.807, 2.05) is 0 Å². The lowest BCUT2D eigenvalue weighted by Crippen LogP contribution is -2.28. The second-order valence-electron chi connectivity index (χ2n) is 6.79. The predicted octanol–water partition coefficient (Wildman–Crippen LogP) is 3.48. The van der Waals surface area contributed by atoms with Crippen LogP contribution >= 0.6 is 11.8 Å². The fraction of sp³-hybridized carbons (Fsp3) is 0.190. The monoisotopic (exact) mass is 428 g/mol. The number of aromatic nitrogens is 2. The van der Waals surface area contributed by atoms with E-state index in [0.29, 0.717) is 22.9 Å². The molecule has 2 heterocycles. The van der Waals surface area contributed by atoms with Gasteiger partial charge in [-0.05, 0) is 42.0 Å². The van der Waals surface area contributed by atoms with E-state index in [2.05, 4.69) is 15.7 Å². The Hall–Kier alpha value is -3.20. The van der Waals surface area contributed by atoms with Crippen molar-refractivity contribution in [2.24, 2.45) is 0 Å². The summed E-state index contributed by atoms with van der Waals surface area (Å²) in [5.74, 6) is 0.418. The van der Waals surface area contributed by atoms with Gasteiger partial charge in [0.15, 0.2) is 0 Å². The third kappa shape index (κ3) is 4.51. The molecule has 0 radical (unpaired) electrons. The molecule has 9 heteroatoms. The van der Waals surface area contributed by atoms with Gasteiger partial charge in [-0.2, -0.15) is 16.9 Å². The molecule has 0 aliphatic carbocycles. The number of carbonyl (C=O) groups excluding carboxylic acids is 2. The van der Waals surface area contributed by atoms with Gasteiger partial charge in [0.05, 0.1) is 5.69 Å². The van der Waals surface area contributed by atoms with Gasteiger partial charge in [0, 0.05) is 29.2 Å². The maximum Gasteiger partial charge on any atom is 0.256 e. The molecule has 0 unspecified atom stereocenters. The molecule has 1 aliphatic heterocycles. The Labute approximate surface area is 175 Å². The maximum atomic E-state index is 13.1. The molecule has 0 spiro atoms. The minimum atomic E-state index is -0.424. The van der Waals surface area contributed by atoms with Crippen molar-refractivity contribution in [1.82, 2.24) is 15.1 Å². The van der Waals surface area contributed by atoms with Crippen LogP contribution in [0.5, 0.6) is 0 Å². The van der Waals surface area contributed by atoms with Gasteiger partial charge in [-0.15, -0.1) is 0 Å². The first-order chi connectivity index (χ1) is 14.5. The van der Waals surface area contributed by atoms with Gasteiger partial charge in [-0.3, -0.25) is 9.59 Å². The molecule has 6 nitrogen and oxygen atoms in total. The van der Waals surface area contributed by atoms with Gasteiger partial charge in [-0.25, -0.2) is 13.5 Å². The molecule has 3 aromatic rings. The smallest absolute Gasteiger partial charge is 0.256 e. The normalized spacial score (nSPS) is 12.5. The number of hydrogen-bond donors (Lipinski definition) is 2. The zero-order valence-corrected chi connectivity index (χ0v) is 16.6. The number of nitrogens with one attached hydrogen (secondary N) is 2. The number of hydrogen-bond acceptors (Lipinski definition) is 4. The average Bonchev–Trinajstić information content (AvgIpc) is 3.31. The van der Waals surface area contributed by atoms with Gasteiger partial charge in [0.25, 0.3) is 5.91 Å². The lowest BCUT2D eigenvalue weighted by Gasteiger charge is -2.11. The number of nitrogens with zero attached hydrogens (tertiary/aromatic N) is 2. The number of halogens is 2. The van der Waals surface area contributed by atoms with Crippen molar-refractivity contribution < 1.29 is 18.4 Å². The molecule has 0 saturated carbocycles. The van der Waals surface area contributed by atoms with E-state index < -0.39 is 11.7 Å². The summed E-state index contributed by atoms with van der Waals surface area (Å²) >= 11 is 1.68. The number of carbonyl (C=O) groups is 2. The topological polar surface area (TPSA) is 76.0 Å². The molecule has 4 rings (SSSR count). The number of amides is 2. The zero-order valence-electron chi connectivity index (χ0n) is 15.8. The van der Waals surface area contributed by atoms with E-state index in [1.54, 1.807) is 23.9 Å². The summed E-state index contributed by atoms with van der Waals surface area (Å²) in [5.41, 5.74) is 2.81. The van der Waals surface area contributed by atoms with E-state index >= 15 is 0 Å². The van der Waals surface area contributed by atoms with Crippen molar-refractivity contribution in [1.29, 1.82) is 0 Å². The molecule has 2 aromatic carbocycles. The van der Waals surface area contributed by atoms with Crippen LogP contribution in [0.1, 0.15) is 27.2 Å². The summed E-state index contributed by atoms with van der Waals surface area (Å²) in [6.45, 7) is 0.186. The van der Waals surface area contributed by atoms with Crippen LogP contribution in [-0.4, -0.2) is 21.6 Å². The Morgan fingerprint density at radius 1 is 1.00 bits per heavy atom. The minimum Gasteiger partial charge on any atom is -0.350 e. The lowest BCUT2D eigenvalue weighted by molar-refractivity contribution is -0.122. The Bertz CT molecular complexity index is 1080. The van der Waals surface area contributed by atoms with Crippen LogP contribution < -0.4 is 10.6 Å². The molecule has 0 bridgehead atoms. The molecule has 30 heavy (non-hydrogen) atoms. The minimum absolute atomic E-state index is 0.0715. The van der Waals surface area contributed by atoms with Gasteiger partial charge >= 0.3 is 0 Å². The third-order valence-corrected chi connectivity index (χ3v) is 5.62. The van der Waals surface area contributed by atoms with Crippen LogP contribution in [0.15, 0.2) is 48.5 Å². The quantitative estimate of drug-likeness (QED) is 0.630. The predicted molar refractivity (Wildman–Crippen MR) is 110 cm³/mol. The Morgan fingerprint density at radius 2 is 1.67 bits per heavy atom. The first kappa shape index (κ1) is 20.1. The molecule has 154 valence electrons. The van der Waals surface area contributed by atoms with Crippen molar-refractivity contribution in [2.45, 2.75) is 24.6 Å². The molecular formula is C21H18F2N4O2S. The summed E-state index contributed by atoms with van der Waals surface area (Å²) < 4.78 is 27.6. The SMILES string of the molecule is O=C(Cn1nc2c(c1NC(=O)c1ccc(F)cc1)CSC2)NCc1ccc(F)cc1. The van der Waals surface area contributed by atoms with Crippen molar-refractivity contribution >= 4 is 29.4 Å². The summed E-state index contributed by atoms with van der Waals surface area (Å²) in [5, 5.41) is 10.1. The highest BCUT2D eigenvalue weighted by molar-refractivity contribution is 7.98. The van der Waals surface area contributed by atoms with Crippen LogP contribution in [0.4, 0.5) is 14.6 Å². The van der Waals surface area contributed by atoms with Gasteiger partial charge < -0.3 is 10.6 Å². The molecular weight excluding hydrogens is 410 g/mol. The molecule has 1 aromatic heterocycles. The fourth-order valence-electron chi connectivity index (χ4n) is 3.10. The molecule has 0 fully saturated rings. The highest BCUT2D eigenvalue weighted by atomic mass is 32.2. The number of anilines is 1. The Kier molecular flexibility index (Phi) is 5.80. The van der Waals surface area contributed by atoms with Crippen molar-refractivity contribution in [3.63, 3.8) is 0 Å². The van der Waals surface area contributed by atoms with Crippen LogP contribution in [0, 0.1) is 11.6 Å². The summed E-state index contributed by atoms with van der Waals surface area (Å²) in [6.07, 6.45) is 0. The molecule has 0 atom stereocenters. The van der Waals surface area contributed by atoms with E-state index in [1.165, 1.54) is 41.1 Å². The van der Waals surface area contributed by atoms with Gasteiger partial charge in [0.1, 0.15) is 24.0 Å². The molecule has 0 saturated heterocycles. The summed E-state index contributed by atoms with van der Waals surface area (Å²) in [4.78, 5) is 25.0. The summed E-state index contributed by atoms with van der Waals surface area (Å²) in [6, 6.07) is 11.1. The van der Waals surface area contributed by atoms with Crippen LogP contribution in [-0.2, 0) is 29.4 Å². The standard InChI is InChI=1S/C21H18F2N4O2S/c22-15-5-1-13(2-6-15)9-24-19(28)10-27-20(17-11-30-12-18(17)26-27)25-21(29)14-3-7-16(23)8-4-14/h1-8H,9-12H2,(H,24,28)(H,25,29). The van der Waals surface area contributed by atoms with E-state index in [4.69, 9.17) is 0 Å². The fourth-order valence-corrected chi connectivity index (χ4v) is 4.13. The number of rotatable bonds is 6. The van der Waals surface area contributed by atoms with Crippen LogP contribution in [0.2, 0.25) is 0 Å². The van der Waals surface area contributed by atoms with Gasteiger partial charge in [-0.1, -0.05) is 12.1 Å². The second-order valence-corrected chi connectivity index (χ2v) is 7.77. The summed E-state index contributed by atoms with van der Waals surface area (Å²) in [7, 11) is 0. The Morgan fingerprint density at radius 3 is 2.37 bits per heavy atom. The average molecular weight is 428 g/mol. The highest BCUT2D eigenvalue weighted by Crippen LogP contribution is 2.34. The van der Waals surface area contributed by atoms with Crippen LogP contribution in [0.25, 0.3) is 0 Å². The van der Waals surface area contributed by atoms with Crippen LogP contribution in [0.3, 0.4) is 0 Å². The Balaban J connectivity index is 1.46. The molecule has 2 N–H and O–H groups in total. The largest absolute Gasteiger partial charge is 0.350 e. The molecule has 1 aliphatic rings. The molecule has 2 amide bonds. The van der Waals surface area contributed by atoms with E-state index in [0.717, 1.165) is 16.8 Å². The highest BCUT2D eigenvalue weighted by Gasteiger charge is 2.25. The zero-order chi connectivity index (χ0) is 21.1. The third-order valence-electron chi connectivity index (χ3n) is 4.65. The first-order valence-corrected chi connectivity index (χ1v) is 10.4. The number of thioether (sulfide) groups is 1. The number of benzene rings is 2.